The third-order valence-corrected chi connectivity index (χ3v) is 1.48. The maximum atomic E-state index is 5.67. The van der Waals surface area contributed by atoms with Crippen molar-refractivity contribution in [3.05, 3.63) is 10.1 Å². The van der Waals surface area contributed by atoms with Crippen molar-refractivity contribution in [1.29, 1.82) is 0 Å². The van der Waals surface area contributed by atoms with E-state index in [1.165, 1.54) is 0 Å². The molecule has 1 aromatic heterocycles. The van der Waals surface area contributed by atoms with Crippen LogP contribution in [0.2, 0.25) is 5.28 Å². The van der Waals surface area contributed by atoms with E-state index in [0.29, 0.717) is 5.95 Å². The summed E-state index contributed by atoms with van der Waals surface area (Å²) in [5.74, 6) is 0.539. The first-order chi connectivity index (χ1) is 5.87. The van der Waals surface area contributed by atoms with Crippen LogP contribution in [0.1, 0.15) is 20.8 Å². The van der Waals surface area contributed by atoms with Crippen molar-refractivity contribution in [1.82, 2.24) is 15.0 Å². The summed E-state index contributed by atoms with van der Waals surface area (Å²) in [6.45, 7) is 6.04. The molecule has 0 unspecified atom stereocenters. The average molecular weight is 219 g/mol. The minimum absolute atomic E-state index is 0.0873. The first-order valence-electron chi connectivity index (χ1n) is 3.79. The second-order valence-electron chi connectivity index (χ2n) is 3.65. The Balaban J connectivity index is 2.96. The summed E-state index contributed by atoms with van der Waals surface area (Å²) in [7, 11) is 0. The van der Waals surface area contributed by atoms with Gasteiger partial charge in [-0.3, -0.25) is 0 Å². The highest BCUT2D eigenvalue weighted by atomic mass is 35.5. The number of aromatic nitrogens is 3. The number of H-pyrrole nitrogens is 1. The van der Waals surface area contributed by atoms with E-state index in [0.717, 1.165) is 0 Å². The molecule has 4 nitrogen and oxygen atoms in total. The van der Waals surface area contributed by atoms with Crippen LogP contribution in [0, 0.1) is 4.77 Å². The first-order valence-corrected chi connectivity index (χ1v) is 4.57. The van der Waals surface area contributed by atoms with Crippen LogP contribution in [0.4, 0.5) is 5.95 Å². The van der Waals surface area contributed by atoms with Crippen molar-refractivity contribution in [2.75, 3.05) is 5.32 Å². The van der Waals surface area contributed by atoms with Gasteiger partial charge in [-0.05, 0) is 44.6 Å². The number of hydrogen-bond acceptors (Lipinski definition) is 4. The molecule has 6 heteroatoms. The molecule has 2 N–H and O–H groups in total. The van der Waals surface area contributed by atoms with Crippen LogP contribution < -0.4 is 5.32 Å². The average Bonchev–Trinajstić information content (AvgIpc) is 1.78. The van der Waals surface area contributed by atoms with Crippen molar-refractivity contribution in [3.8, 4) is 0 Å². The van der Waals surface area contributed by atoms with E-state index in [-0.39, 0.29) is 15.6 Å². The summed E-state index contributed by atoms with van der Waals surface area (Å²) >= 11 is 10.5. The molecule has 0 aromatic carbocycles. The fourth-order valence-corrected chi connectivity index (χ4v) is 1.17. The van der Waals surface area contributed by atoms with E-state index in [4.69, 9.17) is 23.8 Å². The lowest BCUT2D eigenvalue weighted by Gasteiger charge is -2.20. The minimum Gasteiger partial charge on any atom is -0.351 e. The Kier molecular flexibility index (Phi) is 2.87. The lowest BCUT2D eigenvalue weighted by Crippen LogP contribution is -2.27. The molecule has 0 amide bonds. The smallest absolute Gasteiger partial charge is 0.225 e. The van der Waals surface area contributed by atoms with Crippen LogP contribution in [0.5, 0.6) is 0 Å². The van der Waals surface area contributed by atoms with Crippen LogP contribution in [-0.2, 0) is 0 Å². The fourth-order valence-electron chi connectivity index (χ4n) is 0.773. The molecule has 72 valence electrons. The maximum Gasteiger partial charge on any atom is 0.225 e. The number of anilines is 1. The van der Waals surface area contributed by atoms with Gasteiger partial charge in [0.1, 0.15) is 0 Å². The number of nitrogens with zero attached hydrogens (tertiary/aromatic N) is 2. The predicted molar refractivity (Wildman–Crippen MR) is 55.6 cm³/mol. The SMILES string of the molecule is CC(C)(C)Nc1nc(=S)nc(Cl)[nH]1. The van der Waals surface area contributed by atoms with Crippen LogP contribution in [0.3, 0.4) is 0 Å². The summed E-state index contributed by atoms with van der Waals surface area (Å²) in [5.41, 5.74) is -0.0873. The highest BCUT2D eigenvalue weighted by molar-refractivity contribution is 7.71. The maximum absolute atomic E-state index is 5.67. The number of hydrogen-bond donors (Lipinski definition) is 2. The van der Waals surface area contributed by atoms with Crippen molar-refractivity contribution in [2.24, 2.45) is 0 Å². The topological polar surface area (TPSA) is 53.6 Å². The third-order valence-electron chi connectivity index (χ3n) is 1.12. The van der Waals surface area contributed by atoms with Crippen molar-refractivity contribution in [3.63, 3.8) is 0 Å². The Morgan fingerprint density at radius 3 is 2.46 bits per heavy atom. The molecule has 0 radical (unpaired) electrons. The normalized spacial score (nSPS) is 11.4. The molecule has 1 rings (SSSR count). The molecule has 1 heterocycles. The van der Waals surface area contributed by atoms with E-state index in [1.807, 2.05) is 20.8 Å². The number of aromatic amines is 1. The Labute approximate surface area is 86.8 Å². The lowest BCUT2D eigenvalue weighted by atomic mass is 10.1. The first kappa shape index (κ1) is 10.4. The Morgan fingerprint density at radius 2 is 2.00 bits per heavy atom. The van der Waals surface area contributed by atoms with Crippen LogP contribution >= 0.6 is 23.8 Å². The van der Waals surface area contributed by atoms with Gasteiger partial charge in [-0.25, -0.2) is 0 Å². The predicted octanol–water partition coefficient (Wildman–Crippen LogP) is 2.40. The van der Waals surface area contributed by atoms with E-state index >= 15 is 0 Å². The molecule has 0 aliphatic heterocycles. The van der Waals surface area contributed by atoms with E-state index in [1.54, 1.807) is 0 Å². The lowest BCUT2D eigenvalue weighted by molar-refractivity contribution is 0.624. The molecular formula is C7H11ClN4S. The van der Waals surface area contributed by atoms with Crippen LogP contribution in [-0.4, -0.2) is 20.5 Å². The van der Waals surface area contributed by atoms with Crippen LogP contribution in [0.15, 0.2) is 0 Å². The van der Waals surface area contributed by atoms with Crippen molar-refractivity contribution < 1.29 is 0 Å². The summed E-state index contributed by atoms with van der Waals surface area (Å²) < 4.78 is 0.232. The number of rotatable bonds is 1. The van der Waals surface area contributed by atoms with Gasteiger partial charge >= 0.3 is 0 Å². The molecule has 0 saturated heterocycles. The van der Waals surface area contributed by atoms with Gasteiger partial charge in [-0.1, -0.05) is 0 Å². The summed E-state index contributed by atoms with van der Waals surface area (Å²) in [6.07, 6.45) is 0. The van der Waals surface area contributed by atoms with Crippen LogP contribution in [0.25, 0.3) is 0 Å². The van der Waals surface area contributed by atoms with Gasteiger partial charge in [-0.2, -0.15) is 9.97 Å². The van der Waals surface area contributed by atoms with E-state index < -0.39 is 0 Å². The second-order valence-corrected chi connectivity index (χ2v) is 4.37. The molecule has 0 spiro atoms. The van der Waals surface area contributed by atoms with Gasteiger partial charge in [-0.15, -0.1) is 0 Å². The summed E-state index contributed by atoms with van der Waals surface area (Å²) in [6, 6.07) is 0. The molecule has 0 aliphatic rings. The third kappa shape index (κ3) is 3.69. The van der Waals surface area contributed by atoms with Gasteiger partial charge in [0.25, 0.3) is 0 Å². The summed E-state index contributed by atoms with van der Waals surface area (Å²) in [5, 5.41) is 3.35. The largest absolute Gasteiger partial charge is 0.351 e. The molecule has 0 saturated carbocycles. The molecule has 0 bridgehead atoms. The van der Waals surface area contributed by atoms with Gasteiger partial charge < -0.3 is 10.3 Å². The Bertz CT molecular complexity index is 354. The quantitative estimate of drug-likeness (QED) is 0.711. The Morgan fingerprint density at radius 1 is 1.38 bits per heavy atom. The monoisotopic (exact) mass is 218 g/mol. The molecule has 1 aromatic rings. The van der Waals surface area contributed by atoms with Crippen molar-refractivity contribution in [2.45, 2.75) is 26.3 Å². The van der Waals surface area contributed by atoms with Gasteiger partial charge in [0.15, 0.2) is 0 Å². The second kappa shape index (κ2) is 3.59. The molecule has 0 atom stereocenters. The molecule has 0 aliphatic carbocycles. The Hall–Kier alpha value is -0.680. The van der Waals surface area contributed by atoms with Gasteiger partial charge in [0.2, 0.25) is 16.0 Å². The van der Waals surface area contributed by atoms with Gasteiger partial charge in [0, 0.05) is 5.54 Å². The zero-order chi connectivity index (χ0) is 10.1. The minimum atomic E-state index is -0.0873. The number of nitrogens with one attached hydrogen (secondary N) is 2. The van der Waals surface area contributed by atoms with E-state index in [2.05, 4.69) is 20.3 Å². The molecule has 0 fully saturated rings. The molecule has 13 heavy (non-hydrogen) atoms. The highest BCUT2D eigenvalue weighted by Crippen LogP contribution is 2.10. The highest BCUT2D eigenvalue weighted by Gasteiger charge is 2.10. The van der Waals surface area contributed by atoms with Gasteiger partial charge in [0.05, 0.1) is 0 Å². The van der Waals surface area contributed by atoms with Crippen molar-refractivity contribution >= 4 is 29.8 Å². The standard InChI is InChI=1S/C7H11ClN4S/c1-7(2,3)12-5-9-4(8)10-6(13)11-5/h1-3H3,(H2,9,10,11,12,13). The fraction of sp³-hybridized carbons (Fsp3) is 0.571. The number of halogens is 1. The zero-order valence-corrected chi connectivity index (χ0v) is 9.25. The zero-order valence-electron chi connectivity index (χ0n) is 7.68. The van der Waals surface area contributed by atoms with E-state index in [9.17, 15) is 0 Å². The molecular weight excluding hydrogens is 208 g/mol. The summed E-state index contributed by atoms with van der Waals surface area (Å²) in [4.78, 5) is 10.5.